The highest BCUT2D eigenvalue weighted by molar-refractivity contribution is 9.10. The van der Waals surface area contributed by atoms with Crippen molar-refractivity contribution in [2.75, 3.05) is 5.32 Å². The molecule has 4 nitrogen and oxygen atoms in total. The van der Waals surface area contributed by atoms with E-state index in [-0.39, 0.29) is 18.0 Å². The van der Waals surface area contributed by atoms with Crippen LogP contribution < -0.4 is 5.32 Å². The lowest BCUT2D eigenvalue weighted by molar-refractivity contribution is -0.131. The van der Waals surface area contributed by atoms with E-state index < -0.39 is 17.4 Å². The molecule has 0 fully saturated rings. The van der Waals surface area contributed by atoms with Gasteiger partial charge in [-0.15, -0.1) is 0 Å². The zero-order valence-electron chi connectivity index (χ0n) is 16.2. The molecule has 0 unspecified atom stereocenters. The lowest BCUT2D eigenvalue weighted by atomic mass is 9.64. The summed E-state index contributed by atoms with van der Waals surface area (Å²) in [5.74, 6) is -1.42. The first-order chi connectivity index (χ1) is 13.2. The minimum atomic E-state index is -1.27. The van der Waals surface area contributed by atoms with Crippen LogP contribution in [0, 0.1) is 5.92 Å². The standard InChI is InChI=1S/C23H24BrNO3/c1-14(26)20-19(25-18-11-9-17(24)10-12-18)13-23(3,28)22(15(2)27)21(20)16-7-5-4-6-8-16/h4-12,21-22,25,28H,13H2,1-3H3/t21-,22-,23+/m0/s1. The molecule has 3 rings (SSSR count). The van der Waals surface area contributed by atoms with Crippen molar-refractivity contribution in [2.24, 2.45) is 5.92 Å². The summed E-state index contributed by atoms with van der Waals surface area (Å²) in [6, 6.07) is 17.1. The Morgan fingerprint density at radius 1 is 1.07 bits per heavy atom. The maximum atomic E-state index is 12.7. The van der Waals surface area contributed by atoms with Crippen molar-refractivity contribution < 1.29 is 14.7 Å². The second-order valence-corrected chi connectivity index (χ2v) is 8.51. The summed E-state index contributed by atoms with van der Waals surface area (Å²) in [6.45, 7) is 4.68. The van der Waals surface area contributed by atoms with E-state index in [1.54, 1.807) is 6.92 Å². The van der Waals surface area contributed by atoms with Gasteiger partial charge in [-0.25, -0.2) is 0 Å². The van der Waals surface area contributed by atoms with Gasteiger partial charge in [0, 0.05) is 33.8 Å². The van der Waals surface area contributed by atoms with Crippen molar-refractivity contribution in [1.82, 2.24) is 0 Å². The van der Waals surface area contributed by atoms with Crippen molar-refractivity contribution in [1.29, 1.82) is 0 Å². The van der Waals surface area contributed by atoms with Crippen LogP contribution in [0.2, 0.25) is 0 Å². The zero-order valence-corrected chi connectivity index (χ0v) is 17.8. The number of rotatable bonds is 5. The summed E-state index contributed by atoms with van der Waals surface area (Å²) in [7, 11) is 0. The normalized spacial score (nSPS) is 24.8. The SMILES string of the molecule is CC(=O)C1=C(Nc2ccc(Br)cc2)C[C@@](C)(O)[C@@H](C(C)=O)[C@H]1c1ccccc1. The molecule has 0 amide bonds. The zero-order chi connectivity index (χ0) is 20.5. The number of carbonyl (C=O) groups excluding carboxylic acids is 2. The lowest BCUT2D eigenvalue weighted by Gasteiger charge is -2.43. The summed E-state index contributed by atoms with van der Waals surface area (Å²) in [5, 5.41) is 14.5. The minimum absolute atomic E-state index is 0.102. The van der Waals surface area contributed by atoms with Crippen LogP contribution in [0.5, 0.6) is 0 Å². The average Bonchev–Trinajstić information content (AvgIpc) is 2.62. The quantitative estimate of drug-likeness (QED) is 0.695. The maximum Gasteiger partial charge on any atom is 0.158 e. The van der Waals surface area contributed by atoms with E-state index in [1.807, 2.05) is 54.6 Å². The van der Waals surface area contributed by atoms with Gasteiger partial charge in [0.2, 0.25) is 0 Å². The summed E-state index contributed by atoms with van der Waals surface area (Å²) in [4.78, 5) is 25.3. The molecule has 0 saturated heterocycles. The molecule has 1 aliphatic carbocycles. The molecule has 0 aliphatic heterocycles. The van der Waals surface area contributed by atoms with Crippen molar-refractivity contribution in [3.63, 3.8) is 0 Å². The summed E-state index contributed by atoms with van der Waals surface area (Å²) < 4.78 is 0.952. The molecule has 2 aromatic rings. The Morgan fingerprint density at radius 2 is 1.68 bits per heavy atom. The van der Waals surface area contributed by atoms with Gasteiger partial charge in [-0.2, -0.15) is 0 Å². The van der Waals surface area contributed by atoms with E-state index in [4.69, 9.17) is 0 Å². The van der Waals surface area contributed by atoms with Crippen molar-refractivity contribution in [3.8, 4) is 0 Å². The Labute approximate surface area is 173 Å². The van der Waals surface area contributed by atoms with E-state index in [0.29, 0.717) is 11.3 Å². The van der Waals surface area contributed by atoms with Gasteiger partial charge in [0.05, 0.1) is 11.5 Å². The van der Waals surface area contributed by atoms with E-state index in [9.17, 15) is 14.7 Å². The molecule has 0 bridgehead atoms. The summed E-state index contributed by atoms with van der Waals surface area (Å²) in [6.07, 6.45) is 0.200. The number of hydrogen-bond acceptors (Lipinski definition) is 4. The Hall–Kier alpha value is -2.24. The Kier molecular flexibility index (Phi) is 5.87. The van der Waals surface area contributed by atoms with Gasteiger partial charge >= 0.3 is 0 Å². The third-order valence-corrected chi connectivity index (χ3v) is 5.82. The number of carbonyl (C=O) groups is 2. The Bertz CT molecular complexity index is 917. The van der Waals surface area contributed by atoms with Crippen molar-refractivity contribution >= 4 is 33.2 Å². The molecule has 28 heavy (non-hydrogen) atoms. The molecular weight excluding hydrogens is 418 g/mol. The first-order valence-electron chi connectivity index (χ1n) is 9.25. The smallest absolute Gasteiger partial charge is 0.158 e. The highest BCUT2D eigenvalue weighted by Gasteiger charge is 2.49. The number of anilines is 1. The third-order valence-electron chi connectivity index (χ3n) is 5.29. The third kappa shape index (κ3) is 4.10. The topological polar surface area (TPSA) is 66.4 Å². The van der Waals surface area contributed by atoms with Crippen LogP contribution in [0.4, 0.5) is 5.69 Å². The second-order valence-electron chi connectivity index (χ2n) is 7.59. The number of Topliss-reactive ketones (excluding diaryl/α,β-unsaturated/α-hetero) is 2. The fourth-order valence-corrected chi connectivity index (χ4v) is 4.48. The van der Waals surface area contributed by atoms with Gasteiger partial charge in [-0.3, -0.25) is 9.59 Å². The van der Waals surface area contributed by atoms with Crippen LogP contribution in [0.1, 0.15) is 38.7 Å². The fourth-order valence-electron chi connectivity index (χ4n) is 4.22. The summed E-state index contributed by atoms with van der Waals surface area (Å²) >= 11 is 3.42. The van der Waals surface area contributed by atoms with Crippen LogP contribution in [0.15, 0.2) is 70.3 Å². The van der Waals surface area contributed by atoms with Crippen molar-refractivity contribution in [3.05, 3.63) is 75.9 Å². The predicted octanol–water partition coefficient (Wildman–Crippen LogP) is 4.85. The molecule has 0 heterocycles. The first-order valence-corrected chi connectivity index (χ1v) is 10.0. The molecule has 3 atom stereocenters. The summed E-state index contributed by atoms with van der Waals surface area (Å²) in [5.41, 5.74) is 1.61. The van der Waals surface area contributed by atoms with Crippen LogP contribution in [-0.2, 0) is 9.59 Å². The van der Waals surface area contributed by atoms with Gasteiger partial charge in [-0.05, 0) is 50.6 Å². The maximum absolute atomic E-state index is 12.7. The number of nitrogens with one attached hydrogen (secondary N) is 1. The van der Waals surface area contributed by atoms with Crippen LogP contribution in [-0.4, -0.2) is 22.3 Å². The van der Waals surface area contributed by atoms with Crippen LogP contribution >= 0.6 is 15.9 Å². The minimum Gasteiger partial charge on any atom is -0.389 e. The van der Waals surface area contributed by atoms with E-state index in [0.717, 1.165) is 15.7 Å². The fraction of sp³-hybridized carbons (Fsp3) is 0.304. The van der Waals surface area contributed by atoms with E-state index >= 15 is 0 Å². The molecular formula is C23H24BrNO3. The van der Waals surface area contributed by atoms with Gasteiger partial charge in [0.25, 0.3) is 0 Å². The van der Waals surface area contributed by atoms with E-state index in [1.165, 1.54) is 13.8 Å². The number of hydrogen-bond donors (Lipinski definition) is 2. The van der Waals surface area contributed by atoms with E-state index in [2.05, 4.69) is 21.2 Å². The van der Waals surface area contributed by atoms with Crippen LogP contribution in [0.3, 0.4) is 0 Å². The monoisotopic (exact) mass is 441 g/mol. The first kappa shape index (κ1) is 20.5. The molecule has 1 aliphatic rings. The van der Waals surface area contributed by atoms with Crippen molar-refractivity contribution in [2.45, 2.75) is 38.7 Å². The van der Waals surface area contributed by atoms with Gasteiger partial charge < -0.3 is 10.4 Å². The molecule has 5 heteroatoms. The predicted molar refractivity (Wildman–Crippen MR) is 114 cm³/mol. The number of halogens is 1. The highest BCUT2D eigenvalue weighted by Crippen LogP contribution is 2.47. The number of ketones is 2. The second kappa shape index (κ2) is 8.02. The lowest BCUT2D eigenvalue weighted by Crippen LogP contribution is -2.48. The Balaban J connectivity index is 2.18. The average molecular weight is 442 g/mol. The number of benzene rings is 2. The molecule has 146 valence electrons. The van der Waals surface area contributed by atoms with Gasteiger partial charge in [0.1, 0.15) is 5.78 Å². The Morgan fingerprint density at radius 3 is 2.21 bits per heavy atom. The van der Waals surface area contributed by atoms with Crippen LogP contribution in [0.25, 0.3) is 0 Å². The largest absolute Gasteiger partial charge is 0.389 e. The van der Waals surface area contributed by atoms with Gasteiger partial charge in [0.15, 0.2) is 5.78 Å². The molecule has 2 aromatic carbocycles. The number of aliphatic hydroxyl groups is 1. The molecule has 0 spiro atoms. The molecule has 2 N–H and O–H groups in total. The molecule has 0 aromatic heterocycles. The highest BCUT2D eigenvalue weighted by atomic mass is 79.9. The van der Waals surface area contributed by atoms with Gasteiger partial charge in [-0.1, -0.05) is 46.3 Å². The molecule has 0 saturated carbocycles. The number of allylic oxidation sites excluding steroid dienone is 1. The molecule has 0 radical (unpaired) electrons.